The van der Waals surface area contributed by atoms with Crippen LogP contribution in [-0.4, -0.2) is 23.4 Å². The van der Waals surface area contributed by atoms with Crippen molar-refractivity contribution in [3.05, 3.63) is 66.6 Å². The molecule has 124 valence electrons. The summed E-state index contributed by atoms with van der Waals surface area (Å²) in [7, 11) is -3.78. The van der Waals surface area contributed by atoms with Crippen LogP contribution in [-0.2, 0) is 10.0 Å². The Morgan fingerprint density at radius 3 is 2.40 bits per heavy atom. The Hall–Kier alpha value is -3.06. The molecule has 0 bridgehead atoms. The number of hydrogen-bond acceptors (Lipinski definition) is 5. The predicted molar refractivity (Wildman–Crippen MR) is 96.8 cm³/mol. The van der Waals surface area contributed by atoms with Crippen LogP contribution in [0.2, 0.25) is 0 Å². The highest BCUT2D eigenvalue weighted by molar-refractivity contribution is 7.93. The van der Waals surface area contributed by atoms with Crippen molar-refractivity contribution in [3.63, 3.8) is 0 Å². The van der Waals surface area contributed by atoms with Gasteiger partial charge >= 0.3 is 0 Å². The monoisotopic (exact) mass is 350 g/mol. The van der Waals surface area contributed by atoms with Crippen LogP contribution in [0.1, 0.15) is 5.56 Å². The first-order valence-corrected chi connectivity index (χ1v) is 9.11. The molecule has 0 spiro atoms. The zero-order valence-corrected chi connectivity index (χ0v) is 14.2. The van der Waals surface area contributed by atoms with Crippen LogP contribution in [0.4, 0.5) is 5.69 Å². The molecule has 0 radical (unpaired) electrons. The topological polar surface area (TPSA) is 84.8 Å². The lowest BCUT2D eigenvalue weighted by molar-refractivity contribution is 0.601. The molecule has 2 heterocycles. The fourth-order valence-corrected chi connectivity index (χ4v) is 4.32. The van der Waals surface area contributed by atoms with Crippen LogP contribution in [0, 0.1) is 6.92 Å². The number of benzene rings is 2. The fourth-order valence-electron chi connectivity index (χ4n) is 2.82. The summed E-state index contributed by atoms with van der Waals surface area (Å²) in [6.45, 7) is 1.77. The van der Waals surface area contributed by atoms with E-state index in [1.807, 2.05) is 6.07 Å². The summed E-state index contributed by atoms with van der Waals surface area (Å²) in [5.74, 6) is 0. The molecule has 25 heavy (non-hydrogen) atoms. The normalized spacial score (nSPS) is 11.7. The standard InChI is InChI=1S/C18H14N4O2S/c1-12-4-6-15-14(3-2-8-19-15)18(12)25(23,24)22-13-5-7-16-17(11-13)21-10-9-20-16/h2-11,22H,1H3. The summed E-state index contributed by atoms with van der Waals surface area (Å²) < 4.78 is 28.6. The van der Waals surface area contributed by atoms with Gasteiger partial charge in [-0.25, -0.2) is 8.42 Å². The van der Waals surface area contributed by atoms with Gasteiger partial charge in [0.1, 0.15) is 0 Å². The minimum absolute atomic E-state index is 0.234. The van der Waals surface area contributed by atoms with Gasteiger partial charge in [-0.1, -0.05) is 6.07 Å². The van der Waals surface area contributed by atoms with E-state index in [1.165, 1.54) is 0 Å². The van der Waals surface area contributed by atoms with Gasteiger partial charge in [-0.05, 0) is 48.9 Å². The molecule has 0 fully saturated rings. The van der Waals surface area contributed by atoms with Gasteiger partial charge < -0.3 is 0 Å². The summed E-state index contributed by atoms with van der Waals surface area (Å²) in [5.41, 5.74) is 3.06. The molecule has 2 aromatic heterocycles. The smallest absolute Gasteiger partial charge is 0.262 e. The third-order valence-corrected chi connectivity index (χ3v) is 5.51. The number of fused-ring (bicyclic) bond motifs is 2. The van der Waals surface area contributed by atoms with Crippen molar-refractivity contribution < 1.29 is 8.42 Å². The van der Waals surface area contributed by atoms with E-state index in [9.17, 15) is 8.42 Å². The number of hydrogen-bond donors (Lipinski definition) is 1. The van der Waals surface area contributed by atoms with E-state index in [2.05, 4.69) is 19.7 Å². The summed E-state index contributed by atoms with van der Waals surface area (Å²) in [6.07, 6.45) is 4.81. The third kappa shape index (κ3) is 2.78. The lowest BCUT2D eigenvalue weighted by Gasteiger charge is -2.13. The Labute approximate surface area is 144 Å². The molecule has 0 amide bonds. The molecule has 0 aliphatic rings. The lowest BCUT2D eigenvalue weighted by atomic mass is 10.1. The average Bonchev–Trinajstić information content (AvgIpc) is 2.61. The number of pyridine rings is 1. The van der Waals surface area contributed by atoms with Crippen LogP contribution < -0.4 is 4.72 Å². The van der Waals surface area contributed by atoms with Gasteiger partial charge in [0, 0.05) is 24.0 Å². The van der Waals surface area contributed by atoms with Crippen molar-refractivity contribution in [2.75, 3.05) is 4.72 Å². The van der Waals surface area contributed by atoms with E-state index < -0.39 is 10.0 Å². The second kappa shape index (κ2) is 5.78. The number of aryl methyl sites for hydroxylation is 1. The van der Waals surface area contributed by atoms with Crippen LogP contribution in [0.25, 0.3) is 21.9 Å². The Bertz CT molecular complexity index is 1210. The summed E-state index contributed by atoms with van der Waals surface area (Å²) in [6, 6.07) is 12.1. The molecule has 1 N–H and O–H groups in total. The number of rotatable bonds is 3. The van der Waals surface area contributed by atoms with Gasteiger partial charge in [-0.15, -0.1) is 0 Å². The average molecular weight is 350 g/mol. The Morgan fingerprint density at radius 2 is 1.56 bits per heavy atom. The zero-order chi connectivity index (χ0) is 17.4. The number of nitrogens with one attached hydrogen (secondary N) is 1. The Morgan fingerprint density at radius 1 is 0.840 bits per heavy atom. The number of nitrogens with zero attached hydrogens (tertiary/aromatic N) is 3. The molecule has 0 atom stereocenters. The molecule has 4 rings (SSSR count). The maximum absolute atomic E-state index is 13.0. The van der Waals surface area contributed by atoms with Crippen molar-refractivity contribution in [1.82, 2.24) is 15.0 Å². The highest BCUT2D eigenvalue weighted by Crippen LogP contribution is 2.27. The molecule has 0 saturated carbocycles. The SMILES string of the molecule is Cc1ccc2ncccc2c1S(=O)(=O)Nc1ccc2nccnc2c1. The molecule has 6 nitrogen and oxygen atoms in total. The van der Waals surface area contributed by atoms with Crippen molar-refractivity contribution in [2.24, 2.45) is 0 Å². The fraction of sp³-hybridized carbons (Fsp3) is 0.0556. The maximum atomic E-state index is 13.0. The van der Waals surface area contributed by atoms with Gasteiger partial charge in [0.2, 0.25) is 0 Å². The number of aromatic nitrogens is 3. The van der Waals surface area contributed by atoms with Gasteiger partial charge in [-0.2, -0.15) is 0 Å². The van der Waals surface area contributed by atoms with E-state index in [0.29, 0.717) is 33.2 Å². The molecule has 4 aromatic rings. The molecule has 2 aromatic carbocycles. The van der Waals surface area contributed by atoms with Crippen LogP contribution in [0.3, 0.4) is 0 Å². The van der Waals surface area contributed by atoms with Crippen LogP contribution in [0.15, 0.2) is 66.0 Å². The van der Waals surface area contributed by atoms with E-state index in [-0.39, 0.29) is 4.90 Å². The predicted octanol–water partition coefficient (Wildman–Crippen LogP) is 3.29. The van der Waals surface area contributed by atoms with Crippen molar-refractivity contribution in [3.8, 4) is 0 Å². The summed E-state index contributed by atoms with van der Waals surface area (Å²) in [4.78, 5) is 12.9. The largest absolute Gasteiger partial charge is 0.280 e. The van der Waals surface area contributed by atoms with Gasteiger partial charge in [0.25, 0.3) is 10.0 Å². The van der Waals surface area contributed by atoms with Crippen molar-refractivity contribution >= 4 is 37.6 Å². The van der Waals surface area contributed by atoms with E-state index in [4.69, 9.17) is 0 Å². The van der Waals surface area contributed by atoms with Crippen molar-refractivity contribution in [1.29, 1.82) is 0 Å². The first kappa shape index (κ1) is 15.5. The van der Waals surface area contributed by atoms with E-state index >= 15 is 0 Å². The second-order valence-electron chi connectivity index (χ2n) is 5.65. The highest BCUT2D eigenvalue weighted by atomic mass is 32.2. The first-order valence-electron chi connectivity index (χ1n) is 7.62. The second-order valence-corrected chi connectivity index (χ2v) is 7.27. The zero-order valence-electron chi connectivity index (χ0n) is 13.3. The van der Waals surface area contributed by atoms with Crippen molar-refractivity contribution in [2.45, 2.75) is 11.8 Å². The van der Waals surface area contributed by atoms with Crippen LogP contribution in [0.5, 0.6) is 0 Å². The molecular weight excluding hydrogens is 336 g/mol. The first-order chi connectivity index (χ1) is 12.0. The quantitative estimate of drug-likeness (QED) is 0.613. The molecular formula is C18H14N4O2S. The number of sulfonamides is 1. The molecule has 0 aliphatic heterocycles. The molecule has 7 heteroatoms. The minimum Gasteiger partial charge on any atom is -0.280 e. The lowest BCUT2D eigenvalue weighted by Crippen LogP contribution is -2.15. The van der Waals surface area contributed by atoms with E-state index in [0.717, 1.165) is 0 Å². The maximum Gasteiger partial charge on any atom is 0.262 e. The van der Waals surface area contributed by atoms with Gasteiger partial charge in [0.15, 0.2) is 0 Å². The van der Waals surface area contributed by atoms with Gasteiger partial charge in [0.05, 0.1) is 27.1 Å². The van der Waals surface area contributed by atoms with Crippen LogP contribution >= 0.6 is 0 Å². The molecule has 0 saturated heterocycles. The molecule has 0 aliphatic carbocycles. The number of anilines is 1. The van der Waals surface area contributed by atoms with E-state index in [1.54, 1.807) is 61.9 Å². The summed E-state index contributed by atoms with van der Waals surface area (Å²) >= 11 is 0. The highest BCUT2D eigenvalue weighted by Gasteiger charge is 2.20. The Balaban J connectivity index is 1.83. The summed E-state index contributed by atoms with van der Waals surface area (Å²) in [5, 5.41) is 0.593. The minimum atomic E-state index is -3.78. The third-order valence-electron chi connectivity index (χ3n) is 3.92. The van der Waals surface area contributed by atoms with Gasteiger partial charge in [-0.3, -0.25) is 19.7 Å². The Kier molecular flexibility index (Phi) is 3.58. The molecule has 0 unspecified atom stereocenters.